The molecule has 238 valence electrons. The van der Waals surface area contributed by atoms with Crippen LogP contribution in [0.15, 0.2) is 24.3 Å². The lowest BCUT2D eigenvalue weighted by atomic mass is 10.1. The standard InChI is InChI=1S/2C18H34O2.Mg/c2*1-2-3-4-5-6-7-8-9-10-11-12-13-14-15-16-17-18(19)20;/h2*9-10H,2-8,11-17H2,1H3,(H,19,20);/b2*10-9+;. The maximum atomic E-state index is 10.3. The molecule has 0 saturated carbocycles. The van der Waals surface area contributed by atoms with Gasteiger partial charge in [0.05, 0.1) is 0 Å². The van der Waals surface area contributed by atoms with Crippen LogP contribution in [0.25, 0.3) is 0 Å². The van der Waals surface area contributed by atoms with Gasteiger partial charge in [-0.25, -0.2) is 0 Å². The molecule has 0 rings (SSSR count). The molecule has 0 fully saturated rings. The van der Waals surface area contributed by atoms with Crippen LogP contribution in [0.2, 0.25) is 0 Å². The second kappa shape index (κ2) is 41.3. The third-order valence-corrected chi connectivity index (χ3v) is 7.30. The smallest absolute Gasteiger partial charge is 0.303 e. The van der Waals surface area contributed by atoms with Gasteiger partial charge in [-0.15, -0.1) is 0 Å². The first-order chi connectivity index (χ1) is 19.5. The van der Waals surface area contributed by atoms with Gasteiger partial charge in [-0.2, -0.15) is 0 Å². The van der Waals surface area contributed by atoms with Gasteiger partial charge in [0, 0.05) is 35.9 Å². The molecule has 0 heterocycles. The molecule has 2 N–H and O–H groups in total. The number of unbranched alkanes of at least 4 members (excludes halogenated alkanes) is 22. The predicted molar refractivity (Wildman–Crippen MR) is 180 cm³/mol. The van der Waals surface area contributed by atoms with Crippen molar-refractivity contribution in [3.8, 4) is 0 Å². The average Bonchev–Trinajstić information content (AvgIpc) is 2.93. The van der Waals surface area contributed by atoms with Crippen LogP contribution in [0.3, 0.4) is 0 Å². The second-order valence-electron chi connectivity index (χ2n) is 11.5. The first-order valence-corrected chi connectivity index (χ1v) is 17.3. The van der Waals surface area contributed by atoms with Crippen molar-refractivity contribution in [2.45, 2.75) is 194 Å². The van der Waals surface area contributed by atoms with E-state index in [0.717, 1.165) is 25.7 Å². The van der Waals surface area contributed by atoms with Gasteiger partial charge in [0.15, 0.2) is 0 Å². The van der Waals surface area contributed by atoms with Gasteiger partial charge in [-0.1, -0.05) is 141 Å². The largest absolute Gasteiger partial charge is 0.481 e. The Morgan fingerprint density at radius 1 is 0.390 bits per heavy atom. The number of hydrogen-bond donors (Lipinski definition) is 2. The summed E-state index contributed by atoms with van der Waals surface area (Å²) in [6.07, 6.45) is 42.5. The Balaban J connectivity index is -0.000000688. The zero-order valence-electron chi connectivity index (χ0n) is 27.5. The van der Waals surface area contributed by atoms with Crippen molar-refractivity contribution in [1.82, 2.24) is 0 Å². The monoisotopic (exact) mass is 588 g/mol. The van der Waals surface area contributed by atoms with E-state index in [1.807, 2.05) is 0 Å². The van der Waals surface area contributed by atoms with Crippen molar-refractivity contribution in [3.63, 3.8) is 0 Å². The molecule has 41 heavy (non-hydrogen) atoms. The van der Waals surface area contributed by atoms with Gasteiger partial charge in [0.25, 0.3) is 0 Å². The van der Waals surface area contributed by atoms with Crippen molar-refractivity contribution in [2.75, 3.05) is 0 Å². The second-order valence-corrected chi connectivity index (χ2v) is 11.5. The van der Waals surface area contributed by atoms with Crippen molar-refractivity contribution in [3.05, 3.63) is 24.3 Å². The average molecular weight is 589 g/mol. The summed E-state index contributed by atoms with van der Waals surface area (Å²) in [6.45, 7) is 4.52. The number of carboxylic acid groups (broad SMARTS) is 2. The summed E-state index contributed by atoms with van der Waals surface area (Å²) in [6, 6.07) is 0. The quantitative estimate of drug-likeness (QED) is 0.0497. The minimum absolute atomic E-state index is 0. The fourth-order valence-electron chi connectivity index (χ4n) is 4.69. The van der Waals surface area contributed by atoms with Crippen LogP contribution >= 0.6 is 0 Å². The van der Waals surface area contributed by atoms with Crippen molar-refractivity contribution < 1.29 is 19.8 Å². The van der Waals surface area contributed by atoms with E-state index in [-0.39, 0.29) is 23.1 Å². The van der Waals surface area contributed by atoms with Gasteiger partial charge in [-0.05, 0) is 64.2 Å². The van der Waals surface area contributed by atoms with Gasteiger partial charge < -0.3 is 10.2 Å². The van der Waals surface area contributed by atoms with E-state index in [9.17, 15) is 9.59 Å². The van der Waals surface area contributed by atoms with Crippen LogP contribution < -0.4 is 0 Å². The van der Waals surface area contributed by atoms with E-state index in [0.29, 0.717) is 12.8 Å². The van der Waals surface area contributed by atoms with Gasteiger partial charge in [-0.3, -0.25) is 9.59 Å². The minimum atomic E-state index is -0.664. The van der Waals surface area contributed by atoms with E-state index in [4.69, 9.17) is 10.2 Å². The van der Waals surface area contributed by atoms with Crippen LogP contribution in [0, 0.1) is 0 Å². The number of rotatable bonds is 30. The third-order valence-electron chi connectivity index (χ3n) is 7.30. The maximum Gasteiger partial charge on any atom is 0.303 e. The molecular formula is C36H68MgO4. The Morgan fingerprint density at radius 2 is 0.610 bits per heavy atom. The van der Waals surface area contributed by atoms with E-state index in [1.54, 1.807) is 0 Å². The molecule has 0 amide bonds. The zero-order valence-corrected chi connectivity index (χ0v) is 28.9. The molecule has 0 unspecified atom stereocenters. The topological polar surface area (TPSA) is 74.6 Å². The van der Waals surface area contributed by atoms with Gasteiger partial charge in [0.1, 0.15) is 0 Å². The fourth-order valence-corrected chi connectivity index (χ4v) is 4.69. The van der Waals surface area contributed by atoms with E-state index >= 15 is 0 Å². The van der Waals surface area contributed by atoms with E-state index in [2.05, 4.69) is 38.2 Å². The molecule has 0 aliphatic heterocycles. The lowest BCUT2D eigenvalue weighted by Gasteiger charge is -1.99. The SMILES string of the molecule is CCCCCCCC/C=C/CCCCCCCC(=O)O.CCCCCCCC/C=C/CCCCCCCC(=O)O.[Mg]. The Labute approximate surface area is 271 Å². The molecule has 4 nitrogen and oxygen atoms in total. The highest BCUT2D eigenvalue weighted by atomic mass is 24.3. The number of hydrogen-bond acceptors (Lipinski definition) is 2. The first kappa shape index (κ1) is 44.6. The van der Waals surface area contributed by atoms with E-state index < -0.39 is 11.9 Å². The summed E-state index contributed by atoms with van der Waals surface area (Å²) in [5, 5.41) is 17.0. The van der Waals surface area contributed by atoms with Crippen LogP contribution in [0.4, 0.5) is 0 Å². The molecule has 0 aliphatic rings. The summed E-state index contributed by atoms with van der Waals surface area (Å²) >= 11 is 0. The highest BCUT2D eigenvalue weighted by molar-refractivity contribution is 5.75. The van der Waals surface area contributed by atoms with Crippen molar-refractivity contribution >= 4 is 35.0 Å². The van der Waals surface area contributed by atoms with E-state index in [1.165, 1.54) is 141 Å². The van der Waals surface area contributed by atoms with Crippen molar-refractivity contribution in [1.29, 1.82) is 0 Å². The summed E-state index contributed by atoms with van der Waals surface area (Å²) in [4.78, 5) is 20.6. The molecular weight excluding hydrogens is 521 g/mol. The molecule has 2 radical (unpaired) electrons. The highest BCUT2D eigenvalue weighted by Gasteiger charge is 1.97. The number of carbonyl (C=O) groups is 2. The summed E-state index contributed by atoms with van der Waals surface area (Å²) in [5.41, 5.74) is 0. The van der Waals surface area contributed by atoms with Crippen LogP contribution in [0.1, 0.15) is 194 Å². The molecule has 0 bridgehead atoms. The van der Waals surface area contributed by atoms with Crippen LogP contribution in [0.5, 0.6) is 0 Å². The first-order valence-electron chi connectivity index (χ1n) is 17.3. The molecule has 0 aromatic carbocycles. The minimum Gasteiger partial charge on any atom is -0.481 e. The predicted octanol–water partition coefficient (Wildman–Crippen LogP) is 11.8. The summed E-state index contributed by atoms with van der Waals surface area (Å²) < 4.78 is 0. The maximum absolute atomic E-state index is 10.3. The van der Waals surface area contributed by atoms with Gasteiger partial charge >= 0.3 is 11.9 Å². The number of aliphatic carboxylic acids is 2. The van der Waals surface area contributed by atoms with Gasteiger partial charge in [0.2, 0.25) is 0 Å². The Hall–Kier alpha value is -0.814. The molecule has 0 atom stereocenters. The summed E-state index contributed by atoms with van der Waals surface area (Å²) in [7, 11) is 0. The molecule has 0 spiro atoms. The number of allylic oxidation sites excluding steroid dienone is 4. The van der Waals surface area contributed by atoms with Crippen molar-refractivity contribution in [2.24, 2.45) is 0 Å². The summed E-state index contributed by atoms with van der Waals surface area (Å²) in [5.74, 6) is -1.33. The molecule has 0 aliphatic carbocycles. The molecule has 5 heteroatoms. The fraction of sp³-hybridized carbons (Fsp3) is 0.833. The Morgan fingerprint density at radius 3 is 0.854 bits per heavy atom. The Bertz CT molecular complexity index is 524. The van der Waals surface area contributed by atoms with Crippen LogP contribution in [-0.4, -0.2) is 45.2 Å². The lowest BCUT2D eigenvalue weighted by molar-refractivity contribution is -0.138. The number of carboxylic acids is 2. The lowest BCUT2D eigenvalue weighted by Crippen LogP contribution is -1.93. The molecule has 0 aromatic rings. The highest BCUT2D eigenvalue weighted by Crippen LogP contribution is 2.11. The molecule has 0 aromatic heterocycles. The third kappa shape index (κ3) is 49.2. The Kier molecular flexibility index (Phi) is 45.0. The zero-order chi connectivity index (χ0) is 29.8. The molecule has 0 saturated heterocycles. The normalized spacial score (nSPS) is 11.0. The van der Waals surface area contributed by atoms with Crippen LogP contribution in [-0.2, 0) is 9.59 Å².